The Kier molecular flexibility index (Phi) is 2.60. The maximum Gasteiger partial charge on any atom is 0.197 e. The van der Waals surface area contributed by atoms with Crippen molar-refractivity contribution in [1.29, 1.82) is 0 Å². The summed E-state index contributed by atoms with van der Waals surface area (Å²) in [6.07, 6.45) is 5.23. The molecule has 1 aromatic heterocycles. The van der Waals surface area contributed by atoms with Crippen molar-refractivity contribution in [2.24, 2.45) is 5.73 Å². The number of nitrogens with two attached hydrogens (primary N) is 1. The van der Waals surface area contributed by atoms with E-state index in [9.17, 15) is 0 Å². The summed E-state index contributed by atoms with van der Waals surface area (Å²) in [5, 5.41) is 0.610. The first-order valence-corrected chi connectivity index (χ1v) is 6.37. The van der Waals surface area contributed by atoms with E-state index in [1.54, 1.807) is 0 Å². The van der Waals surface area contributed by atoms with Gasteiger partial charge in [-0.25, -0.2) is 4.98 Å². The number of benzene rings is 1. The third-order valence-electron chi connectivity index (χ3n) is 3.51. The average molecular weight is 251 g/mol. The summed E-state index contributed by atoms with van der Waals surface area (Å²) < 4.78 is 5.70. The van der Waals surface area contributed by atoms with Gasteiger partial charge in [-0.15, -0.1) is 0 Å². The minimum absolute atomic E-state index is 0.132. The number of rotatable bonds is 2. The highest BCUT2D eigenvalue weighted by atomic mass is 35.5. The molecule has 2 aromatic rings. The minimum Gasteiger partial charge on any atom is -0.439 e. The first-order chi connectivity index (χ1) is 8.16. The Morgan fingerprint density at radius 3 is 2.82 bits per heavy atom. The van der Waals surface area contributed by atoms with E-state index in [0.29, 0.717) is 22.9 Å². The van der Waals surface area contributed by atoms with Gasteiger partial charge in [-0.3, -0.25) is 0 Å². The van der Waals surface area contributed by atoms with Gasteiger partial charge in [0.2, 0.25) is 0 Å². The molecule has 0 unspecified atom stereocenters. The zero-order valence-corrected chi connectivity index (χ0v) is 10.3. The number of aromatic nitrogens is 1. The molecule has 0 saturated heterocycles. The Bertz CT molecular complexity index is 543. The summed E-state index contributed by atoms with van der Waals surface area (Å²) in [6.45, 7) is 0. The van der Waals surface area contributed by atoms with Gasteiger partial charge < -0.3 is 10.2 Å². The lowest BCUT2D eigenvalue weighted by atomic mass is 9.95. The third-order valence-corrected chi connectivity index (χ3v) is 3.81. The molecule has 1 heterocycles. The first kappa shape index (κ1) is 11.1. The molecule has 3 rings (SSSR count). The van der Waals surface area contributed by atoms with E-state index >= 15 is 0 Å². The van der Waals surface area contributed by atoms with Crippen LogP contribution in [-0.2, 0) is 6.42 Å². The predicted molar refractivity (Wildman–Crippen MR) is 68.1 cm³/mol. The van der Waals surface area contributed by atoms with E-state index in [-0.39, 0.29) is 5.54 Å². The van der Waals surface area contributed by atoms with E-state index in [1.165, 1.54) is 12.8 Å². The Labute approximate surface area is 105 Å². The number of fused-ring (bicyclic) bond motifs is 1. The number of para-hydroxylation sites is 1. The van der Waals surface area contributed by atoms with E-state index in [1.807, 2.05) is 18.2 Å². The van der Waals surface area contributed by atoms with Crippen molar-refractivity contribution in [2.75, 3.05) is 0 Å². The monoisotopic (exact) mass is 250 g/mol. The van der Waals surface area contributed by atoms with E-state index < -0.39 is 0 Å². The molecule has 0 radical (unpaired) electrons. The van der Waals surface area contributed by atoms with Crippen LogP contribution in [0.25, 0.3) is 11.1 Å². The van der Waals surface area contributed by atoms with Gasteiger partial charge in [0.1, 0.15) is 5.52 Å². The fourth-order valence-electron chi connectivity index (χ4n) is 2.59. The normalized spacial score (nSPS) is 18.9. The van der Waals surface area contributed by atoms with Gasteiger partial charge in [-0.2, -0.15) is 0 Å². The summed E-state index contributed by atoms with van der Waals surface area (Å²) in [6, 6.07) is 5.60. The zero-order chi connectivity index (χ0) is 11.9. The maximum absolute atomic E-state index is 6.32. The number of oxazole rings is 1. The Morgan fingerprint density at radius 1 is 1.35 bits per heavy atom. The smallest absolute Gasteiger partial charge is 0.197 e. The van der Waals surface area contributed by atoms with Gasteiger partial charge in [0, 0.05) is 12.0 Å². The van der Waals surface area contributed by atoms with Gasteiger partial charge in [-0.1, -0.05) is 30.5 Å². The lowest BCUT2D eigenvalue weighted by molar-refractivity contribution is 0.385. The highest BCUT2D eigenvalue weighted by Crippen LogP contribution is 2.32. The second kappa shape index (κ2) is 4.00. The van der Waals surface area contributed by atoms with Gasteiger partial charge in [0.05, 0.1) is 5.02 Å². The zero-order valence-electron chi connectivity index (χ0n) is 9.58. The summed E-state index contributed by atoms with van der Waals surface area (Å²) in [7, 11) is 0. The van der Waals surface area contributed by atoms with Crippen molar-refractivity contribution in [3.63, 3.8) is 0 Å². The van der Waals surface area contributed by atoms with Gasteiger partial charge in [0.15, 0.2) is 11.5 Å². The molecule has 4 heteroatoms. The molecular weight excluding hydrogens is 236 g/mol. The molecule has 1 saturated carbocycles. The second-order valence-electron chi connectivity index (χ2n) is 4.94. The molecule has 0 bridgehead atoms. The lowest BCUT2D eigenvalue weighted by Crippen LogP contribution is -2.38. The summed E-state index contributed by atoms with van der Waals surface area (Å²) in [4.78, 5) is 4.45. The molecule has 3 nitrogen and oxygen atoms in total. The predicted octanol–water partition coefficient (Wildman–Crippen LogP) is 3.30. The van der Waals surface area contributed by atoms with Crippen molar-refractivity contribution in [2.45, 2.75) is 37.6 Å². The van der Waals surface area contributed by atoms with Crippen LogP contribution in [0.4, 0.5) is 0 Å². The molecule has 0 spiro atoms. The Balaban J connectivity index is 1.93. The Morgan fingerprint density at radius 2 is 2.12 bits per heavy atom. The molecule has 1 aliphatic rings. The van der Waals surface area contributed by atoms with Gasteiger partial charge in [-0.05, 0) is 25.0 Å². The van der Waals surface area contributed by atoms with E-state index in [4.69, 9.17) is 21.8 Å². The van der Waals surface area contributed by atoms with Crippen molar-refractivity contribution >= 4 is 22.7 Å². The van der Waals surface area contributed by atoms with Crippen molar-refractivity contribution < 1.29 is 4.42 Å². The van der Waals surface area contributed by atoms with E-state index in [2.05, 4.69) is 4.98 Å². The van der Waals surface area contributed by atoms with E-state index in [0.717, 1.165) is 18.4 Å². The highest BCUT2D eigenvalue weighted by Gasteiger charge is 2.31. The fourth-order valence-corrected chi connectivity index (χ4v) is 2.80. The number of nitrogens with zero attached hydrogens (tertiary/aromatic N) is 1. The summed E-state index contributed by atoms with van der Waals surface area (Å²) in [5.74, 6) is 0.706. The van der Waals surface area contributed by atoms with Crippen molar-refractivity contribution in [3.05, 3.63) is 29.1 Å². The molecular formula is C13H15ClN2O. The van der Waals surface area contributed by atoms with Crippen LogP contribution in [0.3, 0.4) is 0 Å². The van der Waals surface area contributed by atoms with Crippen molar-refractivity contribution in [1.82, 2.24) is 4.98 Å². The second-order valence-corrected chi connectivity index (χ2v) is 5.35. The van der Waals surface area contributed by atoms with Gasteiger partial charge >= 0.3 is 0 Å². The van der Waals surface area contributed by atoms with Crippen LogP contribution >= 0.6 is 11.6 Å². The fraction of sp³-hybridized carbons (Fsp3) is 0.462. The standard InChI is InChI=1S/C13H15ClN2O/c14-9-4-3-5-10-12(9)17-11(16-10)8-13(15)6-1-2-7-13/h3-5H,1-2,6-8,15H2. The number of hydrogen-bond acceptors (Lipinski definition) is 3. The molecule has 17 heavy (non-hydrogen) atoms. The van der Waals surface area contributed by atoms with Crippen LogP contribution in [0, 0.1) is 0 Å². The highest BCUT2D eigenvalue weighted by molar-refractivity contribution is 6.34. The van der Waals surface area contributed by atoms with Crippen LogP contribution in [0.2, 0.25) is 5.02 Å². The third kappa shape index (κ3) is 2.05. The van der Waals surface area contributed by atoms with Crippen LogP contribution < -0.4 is 5.73 Å². The summed E-state index contributed by atoms with van der Waals surface area (Å²) >= 11 is 6.06. The lowest BCUT2D eigenvalue weighted by Gasteiger charge is -2.20. The minimum atomic E-state index is -0.132. The topological polar surface area (TPSA) is 52.0 Å². The molecule has 1 fully saturated rings. The SMILES string of the molecule is NC1(Cc2nc3cccc(Cl)c3o2)CCCC1. The average Bonchev–Trinajstić information content (AvgIpc) is 2.86. The summed E-state index contributed by atoms with van der Waals surface area (Å²) in [5.41, 5.74) is 7.67. The largest absolute Gasteiger partial charge is 0.439 e. The van der Waals surface area contributed by atoms with Crippen LogP contribution in [0.1, 0.15) is 31.6 Å². The Hall–Kier alpha value is -1.06. The molecule has 1 aromatic carbocycles. The maximum atomic E-state index is 6.32. The van der Waals surface area contributed by atoms with Crippen LogP contribution in [0.5, 0.6) is 0 Å². The molecule has 0 aliphatic heterocycles. The molecule has 0 amide bonds. The molecule has 2 N–H and O–H groups in total. The molecule has 90 valence electrons. The molecule has 1 aliphatic carbocycles. The van der Waals surface area contributed by atoms with Crippen LogP contribution in [0.15, 0.2) is 22.6 Å². The van der Waals surface area contributed by atoms with Crippen molar-refractivity contribution in [3.8, 4) is 0 Å². The number of halogens is 1. The van der Waals surface area contributed by atoms with Gasteiger partial charge in [0.25, 0.3) is 0 Å². The first-order valence-electron chi connectivity index (χ1n) is 5.99. The quantitative estimate of drug-likeness (QED) is 0.890. The van der Waals surface area contributed by atoms with Crippen LogP contribution in [-0.4, -0.2) is 10.5 Å². The number of hydrogen-bond donors (Lipinski definition) is 1. The molecule has 0 atom stereocenters.